The number of nitrogens with one attached hydrogen (secondary N) is 1. The summed E-state index contributed by atoms with van der Waals surface area (Å²) in [5.41, 5.74) is 1.71. The largest absolute Gasteiger partial charge is 0.331 e. The lowest BCUT2D eigenvalue weighted by atomic mass is 10.1. The van der Waals surface area contributed by atoms with Crippen LogP contribution in [0.4, 0.5) is 5.82 Å². The second kappa shape index (κ2) is 7.44. The highest BCUT2D eigenvalue weighted by molar-refractivity contribution is 6.02. The minimum atomic E-state index is -1.01. The molecule has 6 nitrogen and oxygen atoms in total. The molecule has 4 rings (SSSR count). The fourth-order valence-corrected chi connectivity index (χ4v) is 2.59. The zero-order valence-electron chi connectivity index (χ0n) is 22.1. The number of carbonyl (C=O) groups is 1. The number of fused-ring (bicyclic) bond motifs is 1. The zero-order chi connectivity index (χ0) is 25.6. The Morgan fingerprint density at radius 3 is 2.71 bits per heavy atom. The van der Waals surface area contributed by atoms with Crippen molar-refractivity contribution in [3.8, 4) is 11.3 Å². The van der Waals surface area contributed by atoms with Gasteiger partial charge in [-0.25, -0.2) is 9.97 Å². The lowest BCUT2D eigenvalue weighted by Crippen LogP contribution is -2.09. The van der Waals surface area contributed by atoms with Gasteiger partial charge in [0.25, 0.3) is 0 Å². The first-order chi connectivity index (χ1) is 16.5. The summed E-state index contributed by atoms with van der Waals surface area (Å²) in [5.74, 6) is -0.0795. The van der Waals surface area contributed by atoms with Crippen molar-refractivity contribution in [1.29, 1.82) is 0 Å². The van der Waals surface area contributed by atoms with Crippen LogP contribution in [0.2, 0.25) is 0 Å². The first kappa shape index (κ1) is 11.1. The Balaban J connectivity index is 1.68. The Bertz CT molecular complexity index is 1520. The second-order valence-electron chi connectivity index (χ2n) is 5.94. The molecule has 0 saturated heterocycles. The molecule has 28 heavy (non-hydrogen) atoms. The number of hydrogen-bond donors (Lipinski definition) is 1. The Hall–Kier alpha value is -3.80. The number of anilines is 1. The molecule has 0 bridgehead atoms. The van der Waals surface area contributed by atoms with Crippen LogP contribution < -0.4 is 5.32 Å². The Kier molecular flexibility index (Phi) is 2.96. The zero-order valence-corrected chi connectivity index (χ0v) is 15.1. The van der Waals surface area contributed by atoms with Crippen molar-refractivity contribution in [2.45, 2.75) is 6.92 Å². The summed E-state index contributed by atoms with van der Waals surface area (Å²) in [6.07, 6.45) is 4.87. The van der Waals surface area contributed by atoms with E-state index in [1.54, 1.807) is 18.5 Å². The average molecular weight is 376 g/mol. The second-order valence-corrected chi connectivity index (χ2v) is 5.94. The van der Waals surface area contributed by atoms with Crippen molar-refractivity contribution in [2.75, 3.05) is 5.32 Å². The lowest BCUT2D eigenvalue weighted by Gasteiger charge is -2.07. The smallest absolute Gasteiger partial charge is 0.249 e. The molecule has 0 aliphatic heterocycles. The predicted octanol–water partition coefficient (Wildman–Crippen LogP) is 3.99. The summed E-state index contributed by atoms with van der Waals surface area (Å²) in [7, 11) is 1.89. The maximum absolute atomic E-state index is 12.7. The van der Waals surface area contributed by atoms with E-state index in [4.69, 9.17) is 9.60 Å². The van der Waals surface area contributed by atoms with E-state index in [0.717, 1.165) is 17.1 Å². The number of hydrogen-bond acceptors (Lipinski definition) is 4. The standard InChI is InChI=1S/C22H19N5O/c1-15-23-14-20(27(15)2)18-10-17-11-21(25-13-19(17)24-12-18)26-22(28)9-8-16-6-4-3-5-7-16/h3-14H,1-2H3,(H,25,26,28)/b9-8+/i3D,4D,5D,6D,7D,8D,9D. The summed E-state index contributed by atoms with van der Waals surface area (Å²) in [4.78, 5) is 25.5. The molecule has 0 aliphatic carbocycles. The predicted molar refractivity (Wildman–Crippen MR) is 111 cm³/mol. The number of pyridine rings is 2. The molecule has 0 fully saturated rings. The molecule has 1 aromatic carbocycles. The molecule has 4 aromatic rings. The highest BCUT2D eigenvalue weighted by Gasteiger charge is 2.08. The fourth-order valence-electron chi connectivity index (χ4n) is 2.59. The van der Waals surface area contributed by atoms with Crippen molar-refractivity contribution >= 4 is 28.7 Å². The Morgan fingerprint density at radius 1 is 1.14 bits per heavy atom. The van der Waals surface area contributed by atoms with E-state index in [9.17, 15) is 4.79 Å². The summed E-state index contributed by atoms with van der Waals surface area (Å²) >= 11 is 0. The first-order valence-corrected chi connectivity index (χ1v) is 8.31. The third-order valence-corrected chi connectivity index (χ3v) is 4.13. The minimum absolute atomic E-state index is 0.0984. The van der Waals surface area contributed by atoms with Crippen LogP contribution in [0.1, 0.15) is 21.0 Å². The highest BCUT2D eigenvalue weighted by atomic mass is 16.1. The molecule has 1 amide bonds. The van der Waals surface area contributed by atoms with Gasteiger partial charge in [0.15, 0.2) is 0 Å². The SMILES string of the molecule is [2H]/C(C(=O)Nc1cc2cc(-c3cnc(C)n3C)cnc2cn1)=C(/[2H])c1c([2H])c([2H])c([2H])c([2H])c1[2H]. The summed E-state index contributed by atoms with van der Waals surface area (Å²) in [6.45, 7) is 1.88. The Morgan fingerprint density at radius 2 is 1.96 bits per heavy atom. The molecule has 3 aromatic heterocycles. The van der Waals surface area contributed by atoms with Crippen molar-refractivity contribution in [1.82, 2.24) is 19.5 Å². The van der Waals surface area contributed by atoms with Crippen LogP contribution in [-0.4, -0.2) is 25.4 Å². The lowest BCUT2D eigenvalue weighted by molar-refractivity contribution is -0.111. The van der Waals surface area contributed by atoms with Gasteiger partial charge in [-0.15, -0.1) is 0 Å². The van der Waals surface area contributed by atoms with E-state index in [-0.39, 0.29) is 5.82 Å². The van der Waals surface area contributed by atoms with Gasteiger partial charge < -0.3 is 9.88 Å². The monoisotopic (exact) mass is 376 g/mol. The van der Waals surface area contributed by atoms with Crippen molar-refractivity contribution < 1.29 is 14.4 Å². The van der Waals surface area contributed by atoms with Crippen LogP contribution in [0.25, 0.3) is 28.2 Å². The van der Waals surface area contributed by atoms with Crippen LogP contribution >= 0.6 is 0 Å². The molecule has 3 heterocycles. The van der Waals surface area contributed by atoms with Gasteiger partial charge in [-0.3, -0.25) is 9.78 Å². The number of rotatable bonds is 4. The number of nitrogens with zero attached hydrogens (tertiary/aromatic N) is 4. The van der Waals surface area contributed by atoms with Gasteiger partial charge >= 0.3 is 0 Å². The van der Waals surface area contributed by atoms with E-state index in [0.29, 0.717) is 10.9 Å². The van der Waals surface area contributed by atoms with E-state index in [1.165, 1.54) is 6.20 Å². The van der Waals surface area contributed by atoms with Crippen LogP contribution in [0, 0.1) is 6.92 Å². The molecule has 0 unspecified atom stereocenters. The van der Waals surface area contributed by atoms with E-state index in [1.807, 2.05) is 24.6 Å². The van der Waals surface area contributed by atoms with Gasteiger partial charge in [0.05, 0.1) is 33.2 Å². The van der Waals surface area contributed by atoms with Gasteiger partial charge in [0, 0.05) is 30.2 Å². The van der Waals surface area contributed by atoms with Gasteiger partial charge in [-0.05, 0) is 30.7 Å². The Labute approximate surface area is 172 Å². The number of carbonyl (C=O) groups excluding carboxylic acids is 1. The van der Waals surface area contributed by atoms with Gasteiger partial charge in [0.2, 0.25) is 5.91 Å². The quantitative estimate of drug-likeness (QED) is 0.547. The minimum Gasteiger partial charge on any atom is -0.331 e. The molecule has 138 valence electrons. The van der Waals surface area contributed by atoms with Gasteiger partial charge in [0.1, 0.15) is 11.6 Å². The third kappa shape index (κ3) is 3.66. The van der Waals surface area contributed by atoms with Crippen LogP contribution in [0.3, 0.4) is 0 Å². The van der Waals surface area contributed by atoms with Crippen molar-refractivity contribution in [3.63, 3.8) is 0 Å². The van der Waals surface area contributed by atoms with Gasteiger partial charge in [-0.1, -0.05) is 30.2 Å². The van der Waals surface area contributed by atoms with E-state index in [2.05, 4.69) is 20.3 Å². The average Bonchev–Trinajstić information content (AvgIpc) is 3.18. The van der Waals surface area contributed by atoms with Crippen molar-refractivity contribution in [2.24, 2.45) is 7.05 Å². The molecule has 6 heteroatoms. The van der Waals surface area contributed by atoms with E-state index >= 15 is 0 Å². The number of amides is 1. The maximum atomic E-state index is 12.7. The molecule has 0 atom stereocenters. The molecule has 0 radical (unpaired) electrons. The van der Waals surface area contributed by atoms with Crippen LogP contribution in [0.15, 0.2) is 67.0 Å². The van der Waals surface area contributed by atoms with Crippen LogP contribution in [0.5, 0.6) is 0 Å². The first-order valence-electron chi connectivity index (χ1n) is 11.8. The number of aromatic nitrogens is 4. The highest BCUT2D eigenvalue weighted by Crippen LogP contribution is 2.24. The molecule has 0 saturated carbocycles. The topological polar surface area (TPSA) is 72.7 Å². The number of aryl methyl sites for hydroxylation is 1. The van der Waals surface area contributed by atoms with Crippen molar-refractivity contribution in [3.05, 3.63) is 78.4 Å². The molecule has 1 N–H and O–H groups in total. The fraction of sp³-hybridized carbons (Fsp3) is 0.0909. The molecule has 0 aliphatic rings. The normalized spacial score (nSPS) is 15.4. The number of imidazole rings is 1. The van der Waals surface area contributed by atoms with E-state index < -0.39 is 53.8 Å². The number of benzene rings is 1. The summed E-state index contributed by atoms with van der Waals surface area (Å²) < 4.78 is 57.2. The van der Waals surface area contributed by atoms with Gasteiger partial charge in [-0.2, -0.15) is 0 Å². The third-order valence-electron chi connectivity index (χ3n) is 4.13. The van der Waals surface area contributed by atoms with Crippen LogP contribution in [-0.2, 0) is 11.8 Å². The molecular formula is C22H19N5O. The summed E-state index contributed by atoms with van der Waals surface area (Å²) in [6, 6.07) is -1.49. The molecule has 0 spiro atoms. The summed E-state index contributed by atoms with van der Waals surface area (Å²) in [5, 5.41) is 3.09. The maximum Gasteiger partial charge on any atom is 0.249 e. The molecular weight excluding hydrogens is 350 g/mol.